The first-order valence-corrected chi connectivity index (χ1v) is 12.9. The second-order valence-electron chi connectivity index (χ2n) is 8.88. The molecule has 33 heavy (non-hydrogen) atoms. The van der Waals surface area contributed by atoms with E-state index in [1.165, 1.54) is 63.3 Å². The standard InChI is InChI=1S/C31H18S2/c1-4-12-23-19(9-1)20-10-2-5-13-24(20)31(23)25-14-6-8-16-28(25)33-30-18-29-22(17-26(30)31)21-11-3-7-15-27(21)32-29/h1-18H. The highest BCUT2D eigenvalue weighted by Crippen LogP contribution is 2.62. The van der Waals surface area contributed by atoms with E-state index in [-0.39, 0.29) is 5.41 Å². The van der Waals surface area contributed by atoms with E-state index in [9.17, 15) is 0 Å². The minimum absolute atomic E-state index is 0.290. The van der Waals surface area contributed by atoms with Crippen LogP contribution in [0.4, 0.5) is 0 Å². The molecule has 0 saturated carbocycles. The Labute approximate surface area is 200 Å². The number of hydrogen-bond donors (Lipinski definition) is 0. The first-order valence-electron chi connectivity index (χ1n) is 11.3. The van der Waals surface area contributed by atoms with Crippen molar-refractivity contribution in [3.8, 4) is 11.1 Å². The zero-order chi connectivity index (χ0) is 21.6. The first kappa shape index (κ1) is 18.1. The molecule has 5 aromatic carbocycles. The van der Waals surface area contributed by atoms with Crippen LogP contribution >= 0.6 is 23.1 Å². The smallest absolute Gasteiger partial charge is 0.0735 e. The van der Waals surface area contributed by atoms with Crippen molar-refractivity contribution < 1.29 is 0 Å². The van der Waals surface area contributed by atoms with Crippen LogP contribution in [0.25, 0.3) is 31.3 Å². The maximum absolute atomic E-state index is 2.51. The summed E-state index contributed by atoms with van der Waals surface area (Å²) in [5.74, 6) is 0. The van der Waals surface area contributed by atoms with Crippen molar-refractivity contribution in [2.75, 3.05) is 0 Å². The van der Waals surface area contributed by atoms with Crippen molar-refractivity contribution in [3.63, 3.8) is 0 Å². The fourth-order valence-electron chi connectivity index (χ4n) is 6.07. The second kappa shape index (κ2) is 6.38. The fraction of sp³-hybridized carbons (Fsp3) is 0.0323. The molecule has 6 aromatic rings. The van der Waals surface area contributed by atoms with E-state index in [4.69, 9.17) is 0 Å². The third kappa shape index (κ3) is 2.18. The van der Waals surface area contributed by atoms with Crippen LogP contribution in [0.5, 0.6) is 0 Å². The van der Waals surface area contributed by atoms with Gasteiger partial charge in [0, 0.05) is 30.0 Å². The lowest BCUT2D eigenvalue weighted by molar-refractivity contribution is 0.724. The van der Waals surface area contributed by atoms with Gasteiger partial charge in [-0.1, -0.05) is 96.7 Å². The lowest BCUT2D eigenvalue weighted by Crippen LogP contribution is -2.31. The Bertz CT molecular complexity index is 1710. The van der Waals surface area contributed by atoms with Crippen LogP contribution in [0, 0.1) is 0 Å². The maximum Gasteiger partial charge on any atom is 0.0735 e. The SMILES string of the molecule is c1ccc2c(c1)Sc1cc3sc4ccccc4c3cc1C21c2ccccc2-c2ccccc21. The summed E-state index contributed by atoms with van der Waals surface area (Å²) in [5, 5.41) is 2.73. The van der Waals surface area contributed by atoms with E-state index >= 15 is 0 Å². The highest BCUT2D eigenvalue weighted by Gasteiger charge is 2.50. The molecule has 0 bridgehead atoms. The normalized spacial score (nSPS) is 14.8. The van der Waals surface area contributed by atoms with Crippen molar-refractivity contribution in [3.05, 3.63) is 131 Å². The Hall–Kier alpha value is -3.33. The van der Waals surface area contributed by atoms with Crippen molar-refractivity contribution in [1.82, 2.24) is 0 Å². The van der Waals surface area contributed by atoms with Crippen LogP contribution in [0.1, 0.15) is 22.3 Å². The summed E-state index contributed by atoms with van der Waals surface area (Å²) in [6, 6.07) is 40.8. The van der Waals surface area contributed by atoms with Gasteiger partial charge in [0.05, 0.1) is 5.41 Å². The van der Waals surface area contributed by atoms with Gasteiger partial charge in [0.1, 0.15) is 0 Å². The lowest BCUT2D eigenvalue weighted by Gasteiger charge is -2.39. The Morgan fingerprint density at radius 2 is 1.09 bits per heavy atom. The van der Waals surface area contributed by atoms with E-state index in [2.05, 4.69) is 109 Å². The summed E-state index contributed by atoms with van der Waals surface area (Å²) in [6.07, 6.45) is 0. The summed E-state index contributed by atoms with van der Waals surface area (Å²) >= 11 is 3.83. The Balaban J connectivity index is 1.60. The molecule has 0 radical (unpaired) electrons. The Kier molecular flexibility index (Phi) is 3.50. The van der Waals surface area contributed by atoms with E-state index in [0.29, 0.717) is 0 Å². The Morgan fingerprint density at radius 1 is 0.455 bits per heavy atom. The molecule has 1 aromatic heterocycles. The van der Waals surface area contributed by atoms with Gasteiger partial charge in [-0.15, -0.1) is 11.3 Å². The third-order valence-electron chi connectivity index (χ3n) is 7.35. The molecule has 2 heterocycles. The molecule has 0 unspecified atom stereocenters. The highest BCUT2D eigenvalue weighted by molar-refractivity contribution is 7.99. The monoisotopic (exact) mass is 454 g/mol. The van der Waals surface area contributed by atoms with Crippen molar-refractivity contribution in [1.29, 1.82) is 0 Å². The average Bonchev–Trinajstić information content (AvgIpc) is 3.37. The lowest BCUT2D eigenvalue weighted by atomic mass is 9.67. The molecular formula is C31H18S2. The zero-order valence-corrected chi connectivity index (χ0v) is 19.3. The topological polar surface area (TPSA) is 0 Å². The molecule has 0 amide bonds. The number of benzene rings is 5. The van der Waals surface area contributed by atoms with E-state index in [1.807, 2.05) is 23.1 Å². The van der Waals surface area contributed by atoms with Gasteiger partial charge in [-0.05, 0) is 57.6 Å². The van der Waals surface area contributed by atoms with E-state index in [0.717, 1.165) is 0 Å². The van der Waals surface area contributed by atoms with Crippen LogP contribution in [-0.2, 0) is 5.41 Å². The number of thiophene rings is 1. The summed E-state index contributed by atoms with van der Waals surface area (Å²) in [6.45, 7) is 0. The van der Waals surface area contributed by atoms with Gasteiger partial charge in [0.15, 0.2) is 0 Å². The Morgan fingerprint density at radius 3 is 1.88 bits per heavy atom. The largest absolute Gasteiger partial charge is 0.135 e. The molecule has 0 saturated heterocycles. The average molecular weight is 455 g/mol. The van der Waals surface area contributed by atoms with Crippen LogP contribution in [0.15, 0.2) is 119 Å². The summed E-state index contributed by atoms with van der Waals surface area (Å²) in [4.78, 5) is 2.73. The van der Waals surface area contributed by atoms with Crippen molar-refractivity contribution in [2.24, 2.45) is 0 Å². The van der Waals surface area contributed by atoms with Crippen LogP contribution in [0.2, 0.25) is 0 Å². The number of fused-ring (bicyclic) bond motifs is 12. The van der Waals surface area contributed by atoms with Gasteiger partial charge in [0.2, 0.25) is 0 Å². The molecule has 154 valence electrons. The molecule has 0 fully saturated rings. The fourth-order valence-corrected chi connectivity index (χ4v) is 8.49. The molecule has 8 rings (SSSR count). The molecule has 0 nitrogen and oxygen atoms in total. The van der Waals surface area contributed by atoms with Gasteiger partial charge in [0.25, 0.3) is 0 Å². The minimum atomic E-state index is -0.290. The van der Waals surface area contributed by atoms with E-state index < -0.39 is 0 Å². The van der Waals surface area contributed by atoms with Crippen LogP contribution in [0.3, 0.4) is 0 Å². The number of rotatable bonds is 0. The first-order chi connectivity index (χ1) is 16.4. The molecule has 1 spiro atoms. The quantitative estimate of drug-likeness (QED) is 0.220. The van der Waals surface area contributed by atoms with E-state index in [1.54, 1.807) is 0 Å². The van der Waals surface area contributed by atoms with Gasteiger partial charge in [-0.2, -0.15) is 0 Å². The predicted octanol–water partition coefficient (Wildman–Crippen LogP) is 8.88. The summed E-state index contributed by atoms with van der Waals surface area (Å²) in [7, 11) is 0. The number of hydrogen-bond acceptors (Lipinski definition) is 2. The maximum atomic E-state index is 2.51. The van der Waals surface area contributed by atoms with Gasteiger partial charge < -0.3 is 0 Å². The van der Waals surface area contributed by atoms with Gasteiger partial charge >= 0.3 is 0 Å². The molecule has 1 aliphatic heterocycles. The predicted molar refractivity (Wildman–Crippen MR) is 141 cm³/mol. The third-order valence-corrected chi connectivity index (χ3v) is 9.61. The molecule has 2 heteroatoms. The molecule has 2 aliphatic rings. The second-order valence-corrected chi connectivity index (χ2v) is 11.0. The molecule has 0 atom stereocenters. The van der Waals surface area contributed by atoms with Crippen molar-refractivity contribution >= 4 is 43.3 Å². The molecule has 1 aliphatic carbocycles. The summed E-state index contributed by atoms with van der Waals surface area (Å²) in [5.41, 5.74) is 8.05. The molecular weight excluding hydrogens is 436 g/mol. The molecule has 0 N–H and O–H groups in total. The van der Waals surface area contributed by atoms with Gasteiger partial charge in [-0.25, -0.2) is 0 Å². The van der Waals surface area contributed by atoms with Crippen molar-refractivity contribution in [2.45, 2.75) is 15.2 Å². The highest BCUT2D eigenvalue weighted by atomic mass is 32.2. The zero-order valence-electron chi connectivity index (χ0n) is 17.7. The summed E-state index contributed by atoms with van der Waals surface area (Å²) < 4.78 is 2.73. The van der Waals surface area contributed by atoms with Crippen LogP contribution in [-0.4, -0.2) is 0 Å². The minimum Gasteiger partial charge on any atom is -0.135 e. The van der Waals surface area contributed by atoms with Gasteiger partial charge in [-0.3, -0.25) is 0 Å². The van der Waals surface area contributed by atoms with Crippen LogP contribution < -0.4 is 0 Å².